The summed E-state index contributed by atoms with van der Waals surface area (Å²) in [7, 11) is 0. The number of nitrogens with zero attached hydrogens (tertiary/aromatic N) is 1. The van der Waals surface area contributed by atoms with Gasteiger partial charge in [0.15, 0.2) is 0 Å². The molecule has 0 aliphatic heterocycles. The van der Waals surface area contributed by atoms with Crippen molar-refractivity contribution in [2.24, 2.45) is 5.92 Å². The first-order valence-corrected chi connectivity index (χ1v) is 7.46. The van der Waals surface area contributed by atoms with E-state index in [0.717, 1.165) is 19.6 Å². The fourth-order valence-corrected chi connectivity index (χ4v) is 2.37. The van der Waals surface area contributed by atoms with Gasteiger partial charge < -0.3 is 9.88 Å². The van der Waals surface area contributed by atoms with Crippen LogP contribution in [0.4, 0.5) is 0 Å². The van der Waals surface area contributed by atoms with Gasteiger partial charge in [-0.1, -0.05) is 37.6 Å². The molecule has 0 saturated heterocycles. The molecule has 0 bridgehead atoms. The summed E-state index contributed by atoms with van der Waals surface area (Å²) in [5.41, 5.74) is 5.46. The molecule has 1 N–H and O–H groups in total. The van der Waals surface area contributed by atoms with E-state index in [0.29, 0.717) is 5.92 Å². The van der Waals surface area contributed by atoms with Crippen molar-refractivity contribution in [2.45, 2.75) is 40.8 Å². The largest absolute Gasteiger partial charge is 0.350 e. The Labute approximate surface area is 122 Å². The summed E-state index contributed by atoms with van der Waals surface area (Å²) in [5, 5.41) is 3.49. The van der Waals surface area contributed by atoms with Crippen molar-refractivity contribution in [3.8, 4) is 0 Å². The zero-order valence-electron chi connectivity index (χ0n) is 13.1. The second kappa shape index (κ2) is 6.76. The van der Waals surface area contributed by atoms with E-state index >= 15 is 0 Å². The lowest BCUT2D eigenvalue weighted by molar-refractivity contribution is 0.552. The Kier molecular flexibility index (Phi) is 5.02. The van der Waals surface area contributed by atoms with Gasteiger partial charge in [-0.05, 0) is 49.1 Å². The summed E-state index contributed by atoms with van der Waals surface area (Å²) in [6.45, 7) is 11.8. The highest BCUT2D eigenvalue weighted by Crippen LogP contribution is 2.13. The molecule has 0 aliphatic rings. The van der Waals surface area contributed by atoms with Crippen LogP contribution in [0, 0.1) is 19.8 Å². The van der Waals surface area contributed by atoms with E-state index in [1.165, 1.54) is 22.3 Å². The molecule has 0 amide bonds. The summed E-state index contributed by atoms with van der Waals surface area (Å²) in [6, 6.07) is 8.87. The fraction of sp³-hybridized carbons (Fsp3) is 0.444. The minimum absolute atomic E-state index is 0.701. The first-order chi connectivity index (χ1) is 9.54. The normalized spacial score (nSPS) is 11.2. The van der Waals surface area contributed by atoms with E-state index in [4.69, 9.17) is 0 Å². The maximum atomic E-state index is 3.49. The van der Waals surface area contributed by atoms with Gasteiger partial charge in [0.1, 0.15) is 0 Å². The van der Waals surface area contributed by atoms with E-state index in [9.17, 15) is 0 Å². The van der Waals surface area contributed by atoms with Gasteiger partial charge >= 0.3 is 0 Å². The molecule has 2 nitrogen and oxygen atoms in total. The first-order valence-electron chi connectivity index (χ1n) is 7.46. The number of rotatable bonds is 6. The Morgan fingerprint density at radius 3 is 2.70 bits per heavy atom. The highest BCUT2D eigenvalue weighted by Gasteiger charge is 2.02. The van der Waals surface area contributed by atoms with Gasteiger partial charge in [0.05, 0.1) is 0 Å². The summed E-state index contributed by atoms with van der Waals surface area (Å²) < 4.78 is 2.27. The Balaban J connectivity index is 1.97. The molecule has 1 aromatic heterocycles. The molecule has 0 spiro atoms. The summed E-state index contributed by atoms with van der Waals surface area (Å²) in [5.74, 6) is 0.701. The number of nitrogens with one attached hydrogen (secondary N) is 1. The maximum Gasteiger partial charge on any atom is 0.0473 e. The summed E-state index contributed by atoms with van der Waals surface area (Å²) in [6.07, 6.45) is 4.42. The molecule has 2 aromatic rings. The van der Waals surface area contributed by atoms with E-state index in [1.54, 1.807) is 0 Å². The lowest BCUT2D eigenvalue weighted by Crippen LogP contribution is -2.18. The smallest absolute Gasteiger partial charge is 0.0473 e. The second-order valence-electron chi connectivity index (χ2n) is 6.15. The van der Waals surface area contributed by atoms with E-state index in [-0.39, 0.29) is 0 Å². The van der Waals surface area contributed by atoms with Crippen molar-refractivity contribution >= 4 is 0 Å². The first kappa shape index (κ1) is 14.9. The van der Waals surface area contributed by atoms with Crippen molar-refractivity contribution < 1.29 is 0 Å². The quantitative estimate of drug-likeness (QED) is 0.842. The van der Waals surface area contributed by atoms with Crippen LogP contribution >= 0.6 is 0 Å². The molecular formula is C18H26N2. The van der Waals surface area contributed by atoms with Crippen LogP contribution in [0.25, 0.3) is 0 Å². The molecule has 0 aliphatic carbocycles. The third-order valence-electron chi connectivity index (χ3n) is 3.55. The van der Waals surface area contributed by atoms with Crippen LogP contribution in [0.5, 0.6) is 0 Å². The monoisotopic (exact) mass is 270 g/mol. The molecule has 2 heteroatoms. The zero-order valence-corrected chi connectivity index (χ0v) is 13.1. The molecular weight excluding hydrogens is 244 g/mol. The van der Waals surface area contributed by atoms with E-state index in [2.05, 4.69) is 74.2 Å². The van der Waals surface area contributed by atoms with Gasteiger partial charge in [0.25, 0.3) is 0 Å². The molecule has 0 atom stereocenters. The van der Waals surface area contributed by atoms with Crippen LogP contribution in [0.15, 0.2) is 36.7 Å². The van der Waals surface area contributed by atoms with Crippen molar-refractivity contribution in [3.05, 3.63) is 58.9 Å². The van der Waals surface area contributed by atoms with Crippen molar-refractivity contribution in [3.63, 3.8) is 0 Å². The Morgan fingerprint density at radius 2 is 1.95 bits per heavy atom. The van der Waals surface area contributed by atoms with Crippen molar-refractivity contribution in [2.75, 3.05) is 6.54 Å². The number of hydrogen-bond donors (Lipinski definition) is 1. The standard InChI is InChI=1S/C18H26N2/c1-14(2)10-19-11-17-7-8-20(12-17)13-18-9-15(3)5-6-16(18)4/h5-9,12,14,19H,10-11,13H2,1-4H3. The van der Waals surface area contributed by atoms with Crippen LogP contribution in [-0.2, 0) is 13.1 Å². The summed E-state index contributed by atoms with van der Waals surface area (Å²) in [4.78, 5) is 0. The van der Waals surface area contributed by atoms with Gasteiger partial charge in [0, 0.05) is 25.5 Å². The molecule has 0 saturated carbocycles. The van der Waals surface area contributed by atoms with Crippen molar-refractivity contribution in [1.82, 2.24) is 9.88 Å². The van der Waals surface area contributed by atoms with Gasteiger partial charge in [-0.15, -0.1) is 0 Å². The predicted octanol–water partition coefficient (Wildman–Crippen LogP) is 3.90. The molecule has 1 heterocycles. The maximum absolute atomic E-state index is 3.49. The minimum atomic E-state index is 0.701. The molecule has 2 rings (SSSR count). The average molecular weight is 270 g/mol. The van der Waals surface area contributed by atoms with Gasteiger partial charge in [-0.2, -0.15) is 0 Å². The lowest BCUT2D eigenvalue weighted by Gasteiger charge is -2.08. The average Bonchev–Trinajstić information content (AvgIpc) is 2.81. The van der Waals surface area contributed by atoms with E-state index < -0.39 is 0 Å². The SMILES string of the molecule is Cc1ccc(C)c(Cn2ccc(CNCC(C)C)c2)c1. The highest BCUT2D eigenvalue weighted by molar-refractivity contribution is 5.31. The lowest BCUT2D eigenvalue weighted by atomic mass is 10.1. The van der Waals surface area contributed by atoms with Gasteiger partial charge in [-0.25, -0.2) is 0 Å². The number of hydrogen-bond acceptors (Lipinski definition) is 1. The Hall–Kier alpha value is -1.54. The van der Waals surface area contributed by atoms with Crippen LogP contribution in [0.3, 0.4) is 0 Å². The molecule has 20 heavy (non-hydrogen) atoms. The van der Waals surface area contributed by atoms with Crippen molar-refractivity contribution in [1.29, 1.82) is 0 Å². The van der Waals surface area contributed by atoms with Crippen LogP contribution < -0.4 is 5.32 Å². The Morgan fingerprint density at radius 1 is 1.15 bits per heavy atom. The number of aryl methyl sites for hydroxylation is 2. The third-order valence-corrected chi connectivity index (χ3v) is 3.55. The van der Waals surface area contributed by atoms with Crippen LogP contribution in [-0.4, -0.2) is 11.1 Å². The fourth-order valence-electron chi connectivity index (χ4n) is 2.37. The van der Waals surface area contributed by atoms with E-state index in [1.807, 2.05) is 0 Å². The third kappa shape index (κ3) is 4.24. The molecule has 108 valence electrons. The number of benzene rings is 1. The Bertz CT molecular complexity index is 552. The summed E-state index contributed by atoms with van der Waals surface area (Å²) >= 11 is 0. The van der Waals surface area contributed by atoms with Gasteiger partial charge in [0.2, 0.25) is 0 Å². The zero-order chi connectivity index (χ0) is 14.5. The van der Waals surface area contributed by atoms with Crippen LogP contribution in [0.1, 0.15) is 36.1 Å². The van der Waals surface area contributed by atoms with Gasteiger partial charge in [-0.3, -0.25) is 0 Å². The molecule has 0 fully saturated rings. The molecule has 0 unspecified atom stereocenters. The minimum Gasteiger partial charge on any atom is -0.350 e. The highest BCUT2D eigenvalue weighted by atomic mass is 14.9. The number of aromatic nitrogens is 1. The molecule has 1 aromatic carbocycles. The second-order valence-corrected chi connectivity index (χ2v) is 6.15. The predicted molar refractivity (Wildman–Crippen MR) is 86.0 cm³/mol. The molecule has 0 radical (unpaired) electrons. The van der Waals surface area contributed by atoms with Crippen LogP contribution in [0.2, 0.25) is 0 Å². The topological polar surface area (TPSA) is 17.0 Å².